The highest BCUT2D eigenvalue weighted by atomic mass is 16.5. The minimum Gasteiger partial charge on any atom is -0.497 e. The van der Waals surface area contributed by atoms with E-state index in [1.807, 2.05) is 18.2 Å². The fourth-order valence-corrected chi connectivity index (χ4v) is 4.51. The lowest BCUT2D eigenvalue weighted by Crippen LogP contribution is -2.40. The van der Waals surface area contributed by atoms with Gasteiger partial charge in [0.05, 0.1) is 20.6 Å². The SMILES string of the molecule is COc1ccc(OC)c(CC(=O)NC(C)C2CC3CCC2C3)c1. The molecule has 2 fully saturated rings. The molecule has 4 heteroatoms. The molecule has 23 heavy (non-hydrogen) atoms. The molecule has 2 aliphatic carbocycles. The summed E-state index contributed by atoms with van der Waals surface area (Å²) in [7, 11) is 3.25. The van der Waals surface area contributed by atoms with E-state index in [1.165, 1.54) is 25.7 Å². The zero-order valence-corrected chi connectivity index (χ0v) is 14.3. The first-order valence-electron chi connectivity index (χ1n) is 8.61. The first-order valence-corrected chi connectivity index (χ1v) is 8.61. The van der Waals surface area contributed by atoms with E-state index >= 15 is 0 Å². The summed E-state index contributed by atoms with van der Waals surface area (Å²) in [6.07, 6.45) is 5.72. The van der Waals surface area contributed by atoms with Crippen molar-refractivity contribution in [2.45, 2.75) is 45.1 Å². The Labute approximate surface area is 138 Å². The molecular weight excluding hydrogens is 290 g/mol. The van der Waals surface area contributed by atoms with Crippen molar-refractivity contribution in [3.63, 3.8) is 0 Å². The molecule has 1 amide bonds. The van der Waals surface area contributed by atoms with Gasteiger partial charge in [-0.25, -0.2) is 0 Å². The maximum atomic E-state index is 12.4. The van der Waals surface area contributed by atoms with Crippen molar-refractivity contribution in [1.82, 2.24) is 5.32 Å². The van der Waals surface area contributed by atoms with Crippen molar-refractivity contribution in [2.75, 3.05) is 14.2 Å². The summed E-state index contributed by atoms with van der Waals surface area (Å²) in [5.74, 6) is 3.92. The van der Waals surface area contributed by atoms with Crippen LogP contribution in [0.1, 0.15) is 38.2 Å². The van der Waals surface area contributed by atoms with Gasteiger partial charge in [0.15, 0.2) is 0 Å². The van der Waals surface area contributed by atoms with Crippen LogP contribution in [0.4, 0.5) is 0 Å². The summed E-state index contributed by atoms with van der Waals surface area (Å²) < 4.78 is 10.6. The lowest BCUT2D eigenvalue weighted by molar-refractivity contribution is -0.121. The summed E-state index contributed by atoms with van der Waals surface area (Å²) in [6, 6.07) is 5.83. The second-order valence-electron chi connectivity index (χ2n) is 7.05. The largest absolute Gasteiger partial charge is 0.497 e. The second-order valence-corrected chi connectivity index (χ2v) is 7.05. The van der Waals surface area contributed by atoms with Crippen LogP contribution in [0.15, 0.2) is 18.2 Å². The van der Waals surface area contributed by atoms with Gasteiger partial charge in [-0.1, -0.05) is 6.42 Å². The number of amides is 1. The normalized spacial score (nSPS) is 26.8. The Morgan fingerprint density at radius 1 is 1.26 bits per heavy atom. The molecule has 0 aliphatic heterocycles. The van der Waals surface area contributed by atoms with Crippen molar-refractivity contribution < 1.29 is 14.3 Å². The van der Waals surface area contributed by atoms with Crippen molar-refractivity contribution >= 4 is 5.91 Å². The van der Waals surface area contributed by atoms with Crippen molar-refractivity contribution in [1.29, 1.82) is 0 Å². The molecule has 0 aromatic heterocycles. The van der Waals surface area contributed by atoms with Crippen LogP contribution >= 0.6 is 0 Å². The number of carbonyl (C=O) groups excluding carboxylic acids is 1. The molecular formula is C19H27NO3. The molecule has 3 rings (SSSR count). The van der Waals surface area contributed by atoms with Crippen LogP contribution in [0.3, 0.4) is 0 Å². The highest BCUT2D eigenvalue weighted by Gasteiger charge is 2.42. The van der Waals surface area contributed by atoms with Crippen molar-refractivity contribution in [3.05, 3.63) is 23.8 Å². The number of methoxy groups -OCH3 is 2. The summed E-state index contributed by atoms with van der Waals surface area (Å²) in [6.45, 7) is 2.16. The summed E-state index contributed by atoms with van der Waals surface area (Å²) >= 11 is 0. The van der Waals surface area contributed by atoms with Crippen molar-refractivity contribution in [3.8, 4) is 11.5 Å². The smallest absolute Gasteiger partial charge is 0.224 e. The molecule has 1 aromatic rings. The maximum Gasteiger partial charge on any atom is 0.224 e. The van der Waals surface area contributed by atoms with Gasteiger partial charge in [0.2, 0.25) is 5.91 Å². The fourth-order valence-electron chi connectivity index (χ4n) is 4.51. The minimum absolute atomic E-state index is 0.0619. The molecule has 1 N–H and O–H groups in total. The zero-order chi connectivity index (χ0) is 16.4. The third kappa shape index (κ3) is 3.46. The van der Waals surface area contributed by atoms with E-state index < -0.39 is 0 Å². The van der Waals surface area contributed by atoms with E-state index in [0.29, 0.717) is 12.3 Å². The highest BCUT2D eigenvalue weighted by Crippen LogP contribution is 2.49. The molecule has 0 spiro atoms. The number of benzene rings is 1. The van der Waals surface area contributed by atoms with Gasteiger partial charge < -0.3 is 14.8 Å². The number of carbonyl (C=O) groups is 1. The molecule has 2 saturated carbocycles. The monoisotopic (exact) mass is 317 g/mol. The fraction of sp³-hybridized carbons (Fsp3) is 0.632. The lowest BCUT2D eigenvalue weighted by Gasteiger charge is -2.28. The van der Waals surface area contributed by atoms with Crippen LogP contribution in [0.25, 0.3) is 0 Å². The maximum absolute atomic E-state index is 12.4. The van der Waals surface area contributed by atoms with E-state index in [2.05, 4.69) is 12.2 Å². The molecule has 4 unspecified atom stereocenters. The molecule has 4 atom stereocenters. The molecule has 1 aromatic carbocycles. The first-order chi connectivity index (χ1) is 11.1. The Hall–Kier alpha value is -1.71. The number of hydrogen-bond donors (Lipinski definition) is 1. The van der Waals surface area contributed by atoms with E-state index in [4.69, 9.17) is 9.47 Å². The summed E-state index contributed by atoms with van der Waals surface area (Å²) in [5.41, 5.74) is 0.865. The van der Waals surface area contributed by atoms with Crippen LogP contribution in [0.5, 0.6) is 11.5 Å². The Kier molecular flexibility index (Phi) is 4.79. The van der Waals surface area contributed by atoms with Gasteiger partial charge in [-0.2, -0.15) is 0 Å². The molecule has 126 valence electrons. The second kappa shape index (κ2) is 6.81. The third-order valence-electron chi connectivity index (χ3n) is 5.66. The highest BCUT2D eigenvalue weighted by molar-refractivity contribution is 5.79. The van der Waals surface area contributed by atoms with Crippen LogP contribution in [0, 0.1) is 17.8 Å². The van der Waals surface area contributed by atoms with E-state index in [-0.39, 0.29) is 11.9 Å². The van der Waals surface area contributed by atoms with Crippen molar-refractivity contribution in [2.24, 2.45) is 17.8 Å². The third-order valence-corrected chi connectivity index (χ3v) is 5.66. The van der Waals surface area contributed by atoms with Gasteiger partial charge in [0.25, 0.3) is 0 Å². The van der Waals surface area contributed by atoms with E-state index in [9.17, 15) is 4.79 Å². The number of ether oxygens (including phenoxy) is 2. The lowest BCUT2D eigenvalue weighted by atomic mass is 9.84. The topological polar surface area (TPSA) is 47.6 Å². The van der Waals surface area contributed by atoms with E-state index in [0.717, 1.165) is 28.9 Å². The average molecular weight is 317 g/mol. The number of fused-ring (bicyclic) bond motifs is 2. The number of hydrogen-bond acceptors (Lipinski definition) is 3. The first kappa shape index (κ1) is 16.2. The molecule has 2 bridgehead atoms. The quantitative estimate of drug-likeness (QED) is 0.876. The van der Waals surface area contributed by atoms with Gasteiger partial charge in [-0.3, -0.25) is 4.79 Å². The Bertz CT molecular complexity index is 572. The Morgan fingerprint density at radius 2 is 2.09 bits per heavy atom. The van der Waals surface area contributed by atoms with Gasteiger partial charge in [0.1, 0.15) is 11.5 Å². The summed E-state index contributed by atoms with van der Waals surface area (Å²) in [4.78, 5) is 12.4. The summed E-state index contributed by atoms with van der Waals surface area (Å²) in [5, 5.41) is 3.21. The molecule has 2 aliphatic rings. The van der Waals surface area contributed by atoms with Crippen LogP contribution < -0.4 is 14.8 Å². The van der Waals surface area contributed by atoms with Gasteiger partial charge in [-0.15, -0.1) is 0 Å². The predicted molar refractivity (Wildman–Crippen MR) is 89.8 cm³/mol. The molecule has 4 nitrogen and oxygen atoms in total. The van der Waals surface area contributed by atoms with Gasteiger partial charge in [-0.05, 0) is 62.1 Å². The van der Waals surface area contributed by atoms with Crippen LogP contribution in [-0.4, -0.2) is 26.2 Å². The van der Waals surface area contributed by atoms with Gasteiger partial charge >= 0.3 is 0 Å². The number of rotatable bonds is 6. The zero-order valence-electron chi connectivity index (χ0n) is 14.3. The number of nitrogens with one attached hydrogen (secondary N) is 1. The molecule has 0 saturated heterocycles. The molecule has 0 heterocycles. The van der Waals surface area contributed by atoms with E-state index in [1.54, 1.807) is 14.2 Å². The Morgan fingerprint density at radius 3 is 2.70 bits per heavy atom. The minimum atomic E-state index is 0.0619. The average Bonchev–Trinajstić information content (AvgIpc) is 3.17. The van der Waals surface area contributed by atoms with Crippen LogP contribution in [-0.2, 0) is 11.2 Å². The standard InChI is InChI=1S/C19H27NO3/c1-12(17-9-13-4-5-14(17)8-13)20-19(21)11-15-10-16(22-2)6-7-18(15)23-3/h6-7,10,12-14,17H,4-5,8-9,11H2,1-3H3,(H,20,21). The Balaban J connectivity index is 1.60. The van der Waals surface area contributed by atoms with Crippen LogP contribution in [0.2, 0.25) is 0 Å². The van der Waals surface area contributed by atoms with Gasteiger partial charge in [0, 0.05) is 11.6 Å². The molecule has 0 radical (unpaired) electrons. The predicted octanol–water partition coefficient (Wildman–Crippen LogP) is 3.19.